The van der Waals surface area contributed by atoms with Crippen LogP contribution in [0.5, 0.6) is 0 Å². The monoisotopic (exact) mass is 182 g/mol. The lowest BCUT2D eigenvalue weighted by Crippen LogP contribution is -2.34. The Hall–Kier alpha value is -0.340. The molecule has 13 heavy (non-hydrogen) atoms. The van der Waals surface area contributed by atoms with E-state index in [1.54, 1.807) is 5.57 Å². The molecule has 1 aliphatic heterocycles. The van der Waals surface area contributed by atoms with Crippen LogP contribution in [-0.4, -0.2) is 31.1 Å². The highest BCUT2D eigenvalue weighted by atomic mass is 15.1. The number of nitrogens with zero attached hydrogens (tertiary/aromatic N) is 1. The van der Waals surface area contributed by atoms with Crippen LogP contribution < -0.4 is 5.73 Å². The summed E-state index contributed by atoms with van der Waals surface area (Å²) in [7, 11) is 0. The van der Waals surface area contributed by atoms with Gasteiger partial charge in [0.1, 0.15) is 0 Å². The highest BCUT2D eigenvalue weighted by Crippen LogP contribution is 2.29. The molecule has 0 spiro atoms. The van der Waals surface area contributed by atoms with E-state index in [1.165, 1.54) is 13.0 Å². The van der Waals surface area contributed by atoms with E-state index in [0.29, 0.717) is 5.41 Å². The molecule has 76 valence electrons. The standard InChI is InChI=1S/C11H22N2/c1-11(2,3)10-4-7-13(8-5-10)9-6-12/h4H,5-9,12H2,1-3H3. The third-order valence-electron chi connectivity index (χ3n) is 2.70. The Morgan fingerprint density at radius 2 is 2.15 bits per heavy atom. The van der Waals surface area contributed by atoms with Crippen molar-refractivity contribution in [2.75, 3.05) is 26.2 Å². The van der Waals surface area contributed by atoms with Crippen LogP contribution in [0.2, 0.25) is 0 Å². The molecule has 0 radical (unpaired) electrons. The van der Waals surface area contributed by atoms with Crippen LogP contribution >= 0.6 is 0 Å². The lowest BCUT2D eigenvalue weighted by molar-refractivity contribution is 0.286. The van der Waals surface area contributed by atoms with E-state index in [4.69, 9.17) is 5.73 Å². The second-order valence-electron chi connectivity index (χ2n) is 4.82. The molecule has 0 aromatic rings. The summed E-state index contributed by atoms with van der Waals surface area (Å²) in [5.41, 5.74) is 7.47. The first kappa shape index (κ1) is 10.7. The minimum atomic E-state index is 0.356. The van der Waals surface area contributed by atoms with Crippen LogP contribution in [0.25, 0.3) is 0 Å². The van der Waals surface area contributed by atoms with Crippen LogP contribution in [0.3, 0.4) is 0 Å². The fourth-order valence-corrected chi connectivity index (χ4v) is 1.78. The first-order chi connectivity index (χ1) is 6.04. The van der Waals surface area contributed by atoms with Crippen LogP contribution in [0.15, 0.2) is 11.6 Å². The Kier molecular flexibility index (Phi) is 3.51. The molecular weight excluding hydrogens is 160 g/mol. The first-order valence-electron chi connectivity index (χ1n) is 5.16. The van der Waals surface area contributed by atoms with Gasteiger partial charge in [0.15, 0.2) is 0 Å². The fraction of sp³-hybridized carbons (Fsp3) is 0.818. The molecule has 0 unspecified atom stereocenters. The molecule has 0 saturated carbocycles. The molecule has 2 heteroatoms. The molecule has 1 rings (SSSR count). The van der Waals surface area contributed by atoms with E-state index in [1.807, 2.05) is 0 Å². The molecule has 0 aromatic carbocycles. The Morgan fingerprint density at radius 1 is 1.46 bits per heavy atom. The van der Waals surface area contributed by atoms with Gasteiger partial charge in [-0.25, -0.2) is 0 Å². The Labute approximate surface area is 81.8 Å². The van der Waals surface area contributed by atoms with Gasteiger partial charge < -0.3 is 5.73 Å². The van der Waals surface area contributed by atoms with Gasteiger partial charge >= 0.3 is 0 Å². The van der Waals surface area contributed by atoms with Crippen molar-refractivity contribution in [2.45, 2.75) is 27.2 Å². The van der Waals surface area contributed by atoms with Gasteiger partial charge in [-0.05, 0) is 11.8 Å². The molecule has 0 aliphatic carbocycles. The minimum Gasteiger partial charge on any atom is -0.329 e. The zero-order valence-electron chi connectivity index (χ0n) is 9.14. The molecule has 2 nitrogen and oxygen atoms in total. The van der Waals surface area contributed by atoms with Gasteiger partial charge in [0.2, 0.25) is 0 Å². The van der Waals surface area contributed by atoms with Gasteiger partial charge in [0.25, 0.3) is 0 Å². The van der Waals surface area contributed by atoms with Crippen LogP contribution in [0.1, 0.15) is 27.2 Å². The Balaban J connectivity index is 2.48. The van der Waals surface area contributed by atoms with Crippen molar-refractivity contribution in [3.63, 3.8) is 0 Å². The molecule has 0 fully saturated rings. The molecule has 1 aliphatic rings. The number of hydrogen-bond acceptors (Lipinski definition) is 2. The predicted molar refractivity (Wildman–Crippen MR) is 57.6 cm³/mol. The van der Waals surface area contributed by atoms with Gasteiger partial charge in [-0.2, -0.15) is 0 Å². The van der Waals surface area contributed by atoms with Crippen molar-refractivity contribution in [3.8, 4) is 0 Å². The zero-order chi connectivity index (χ0) is 9.90. The predicted octanol–water partition coefficient (Wildman–Crippen LogP) is 1.62. The molecular formula is C11H22N2. The molecule has 0 aromatic heterocycles. The molecule has 1 heterocycles. The maximum Gasteiger partial charge on any atom is 0.0166 e. The van der Waals surface area contributed by atoms with E-state index >= 15 is 0 Å². The van der Waals surface area contributed by atoms with E-state index in [0.717, 1.165) is 19.6 Å². The maximum atomic E-state index is 5.52. The van der Waals surface area contributed by atoms with E-state index < -0.39 is 0 Å². The molecule has 0 saturated heterocycles. The van der Waals surface area contributed by atoms with Crippen molar-refractivity contribution >= 4 is 0 Å². The zero-order valence-corrected chi connectivity index (χ0v) is 9.14. The van der Waals surface area contributed by atoms with Crippen LogP contribution in [0, 0.1) is 5.41 Å². The maximum absolute atomic E-state index is 5.52. The molecule has 0 bridgehead atoms. The van der Waals surface area contributed by atoms with Crippen molar-refractivity contribution in [1.29, 1.82) is 0 Å². The summed E-state index contributed by atoms with van der Waals surface area (Å²) in [6, 6.07) is 0. The lowest BCUT2D eigenvalue weighted by atomic mass is 9.83. The topological polar surface area (TPSA) is 29.3 Å². The largest absolute Gasteiger partial charge is 0.329 e. The van der Waals surface area contributed by atoms with E-state index in [-0.39, 0.29) is 0 Å². The second-order valence-corrected chi connectivity index (χ2v) is 4.82. The second kappa shape index (κ2) is 4.25. The van der Waals surface area contributed by atoms with Gasteiger partial charge in [-0.3, -0.25) is 4.90 Å². The van der Waals surface area contributed by atoms with Gasteiger partial charge in [0, 0.05) is 26.2 Å². The summed E-state index contributed by atoms with van der Waals surface area (Å²) in [6.07, 6.45) is 3.59. The third kappa shape index (κ3) is 3.12. The summed E-state index contributed by atoms with van der Waals surface area (Å²) in [4.78, 5) is 2.41. The van der Waals surface area contributed by atoms with Crippen LogP contribution in [0.4, 0.5) is 0 Å². The summed E-state index contributed by atoms with van der Waals surface area (Å²) in [5, 5.41) is 0. The number of hydrogen-bond donors (Lipinski definition) is 1. The fourth-order valence-electron chi connectivity index (χ4n) is 1.78. The Morgan fingerprint density at radius 3 is 2.54 bits per heavy atom. The van der Waals surface area contributed by atoms with Crippen molar-refractivity contribution < 1.29 is 0 Å². The van der Waals surface area contributed by atoms with Gasteiger partial charge in [0.05, 0.1) is 0 Å². The van der Waals surface area contributed by atoms with Crippen molar-refractivity contribution in [3.05, 3.63) is 11.6 Å². The van der Waals surface area contributed by atoms with Crippen molar-refractivity contribution in [1.82, 2.24) is 4.90 Å². The Bertz CT molecular complexity index is 189. The quantitative estimate of drug-likeness (QED) is 0.658. The lowest BCUT2D eigenvalue weighted by Gasteiger charge is -2.31. The molecule has 0 atom stereocenters. The van der Waals surface area contributed by atoms with Crippen molar-refractivity contribution in [2.24, 2.45) is 11.1 Å². The van der Waals surface area contributed by atoms with Gasteiger partial charge in [-0.1, -0.05) is 32.4 Å². The highest BCUT2D eigenvalue weighted by Gasteiger charge is 2.20. The van der Waals surface area contributed by atoms with E-state index in [9.17, 15) is 0 Å². The van der Waals surface area contributed by atoms with Crippen LogP contribution in [-0.2, 0) is 0 Å². The van der Waals surface area contributed by atoms with Gasteiger partial charge in [-0.15, -0.1) is 0 Å². The summed E-state index contributed by atoms with van der Waals surface area (Å²) in [5.74, 6) is 0. The smallest absolute Gasteiger partial charge is 0.0166 e. The molecule has 0 amide bonds. The first-order valence-corrected chi connectivity index (χ1v) is 5.16. The third-order valence-corrected chi connectivity index (χ3v) is 2.70. The average Bonchev–Trinajstić information content (AvgIpc) is 2.04. The minimum absolute atomic E-state index is 0.356. The summed E-state index contributed by atoms with van der Waals surface area (Å²) in [6.45, 7) is 10.9. The van der Waals surface area contributed by atoms with E-state index in [2.05, 4.69) is 31.7 Å². The molecule has 2 N–H and O–H groups in total. The normalized spacial score (nSPS) is 20.2. The summed E-state index contributed by atoms with van der Waals surface area (Å²) >= 11 is 0. The average molecular weight is 182 g/mol. The summed E-state index contributed by atoms with van der Waals surface area (Å²) < 4.78 is 0. The number of rotatable bonds is 2. The number of nitrogens with two attached hydrogens (primary N) is 1. The highest BCUT2D eigenvalue weighted by molar-refractivity contribution is 5.14. The SMILES string of the molecule is CC(C)(C)C1=CCN(CCN)CC1.